The van der Waals surface area contributed by atoms with Gasteiger partial charge in [0.2, 0.25) is 0 Å². The highest BCUT2D eigenvalue weighted by Gasteiger charge is 2.20. The van der Waals surface area contributed by atoms with Gasteiger partial charge in [0.05, 0.1) is 21.2 Å². The molecule has 206 valence electrons. The number of ether oxygens (including phenoxy) is 1. The molecule has 4 rings (SSSR count). The molecule has 1 aromatic heterocycles. The van der Waals surface area contributed by atoms with Gasteiger partial charge in [-0.15, -0.1) is 0 Å². The van der Waals surface area contributed by atoms with E-state index < -0.39 is 27.3 Å². The van der Waals surface area contributed by atoms with Crippen molar-refractivity contribution in [3.05, 3.63) is 101 Å². The number of hydrogen-bond donors (Lipinski definition) is 3. The summed E-state index contributed by atoms with van der Waals surface area (Å²) in [6.07, 6.45) is 2.20. The summed E-state index contributed by atoms with van der Waals surface area (Å²) >= 11 is 3.27. The molecule has 0 bridgehead atoms. The van der Waals surface area contributed by atoms with Crippen molar-refractivity contribution in [1.82, 2.24) is 4.98 Å². The molecule has 2 amide bonds. The van der Waals surface area contributed by atoms with Crippen LogP contribution in [0, 0.1) is 10.6 Å². The summed E-state index contributed by atoms with van der Waals surface area (Å²) in [4.78, 5) is 30.1. The normalized spacial score (nSPS) is 12.7. The van der Waals surface area contributed by atoms with E-state index in [0.29, 0.717) is 21.3 Å². The maximum absolute atomic E-state index is 13.4. The monoisotopic (exact) mass is 624 g/mol. The van der Waals surface area contributed by atoms with Gasteiger partial charge in [0, 0.05) is 22.4 Å². The lowest BCUT2D eigenvalue weighted by Gasteiger charge is -2.21. The molecule has 0 aliphatic carbocycles. The van der Waals surface area contributed by atoms with Gasteiger partial charge in [-0.05, 0) is 102 Å². The summed E-state index contributed by atoms with van der Waals surface area (Å²) < 4.78 is 41.0. The zero-order valence-corrected chi connectivity index (χ0v) is 24.2. The summed E-state index contributed by atoms with van der Waals surface area (Å²) in [5, 5.41) is 5.45. The summed E-state index contributed by atoms with van der Waals surface area (Å²) in [6, 6.07) is 18.3. The molecule has 0 saturated heterocycles. The Morgan fingerprint density at radius 3 is 2.15 bits per heavy atom. The molecule has 3 aromatic carbocycles. The zero-order valence-electron chi connectivity index (χ0n) is 21.8. The third kappa shape index (κ3) is 7.10. The fourth-order valence-electron chi connectivity index (χ4n) is 3.67. The maximum atomic E-state index is 13.4. The van der Waals surface area contributed by atoms with Crippen molar-refractivity contribution in [1.29, 1.82) is 4.78 Å². The van der Waals surface area contributed by atoms with Crippen molar-refractivity contribution >= 4 is 49.0 Å². The number of rotatable bonds is 6. The van der Waals surface area contributed by atoms with Crippen molar-refractivity contribution < 1.29 is 22.9 Å². The third-order valence-electron chi connectivity index (χ3n) is 5.54. The highest BCUT2D eigenvalue weighted by atomic mass is 79.9. The van der Waals surface area contributed by atoms with Gasteiger partial charge in [-0.3, -0.25) is 15.1 Å². The van der Waals surface area contributed by atoms with Crippen molar-refractivity contribution in [2.45, 2.75) is 36.2 Å². The molecule has 11 heteroatoms. The fraction of sp³-hybridized carbons (Fsp3) is 0.138. The van der Waals surface area contributed by atoms with Gasteiger partial charge in [-0.1, -0.05) is 18.2 Å². The van der Waals surface area contributed by atoms with Crippen molar-refractivity contribution in [3.8, 4) is 11.1 Å². The van der Waals surface area contributed by atoms with Gasteiger partial charge in [0.25, 0.3) is 5.91 Å². The Morgan fingerprint density at radius 1 is 0.875 bits per heavy atom. The number of hydrogen-bond acceptors (Lipinski definition) is 6. The van der Waals surface area contributed by atoms with Gasteiger partial charge in [-0.25, -0.2) is 18.2 Å². The summed E-state index contributed by atoms with van der Waals surface area (Å²) in [5.74, 6) is -0.882. The third-order valence-corrected chi connectivity index (χ3v) is 7.80. The lowest BCUT2D eigenvalue weighted by Crippen LogP contribution is -2.27. The molecule has 0 spiro atoms. The highest BCUT2D eigenvalue weighted by Crippen LogP contribution is 2.31. The van der Waals surface area contributed by atoms with Gasteiger partial charge in [0.15, 0.2) is 0 Å². The molecule has 1 heterocycles. The lowest BCUT2D eigenvalue weighted by atomic mass is 10.0. The first-order valence-corrected chi connectivity index (χ1v) is 14.4. The number of carbonyl (C=O) groups excluding carboxylic acids is 2. The number of carbonyl (C=O) groups is 2. The first kappa shape index (κ1) is 28.9. The molecule has 4 aromatic rings. The van der Waals surface area contributed by atoms with Gasteiger partial charge in [-0.2, -0.15) is 0 Å². The quantitative estimate of drug-likeness (QED) is 0.203. The number of pyridine rings is 1. The molecule has 8 nitrogen and oxygen atoms in total. The second-order valence-corrected chi connectivity index (χ2v) is 12.7. The van der Waals surface area contributed by atoms with Crippen LogP contribution in [0.25, 0.3) is 11.1 Å². The highest BCUT2D eigenvalue weighted by molar-refractivity contribution is 9.10. The number of amides is 2. The Morgan fingerprint density at radius 2 is 1.52 bits per heavy atom. The summed E-state index contributed by atoms with van der Waals surface area (Å²) in [7, 11) is -3.35. The van der Waals surface area contributed by atoms with Crippen LogP contribution in [0.15, 0.2) is 99.5 Å². The smallest absolute Gasteiger partial charge is 0.412 e. The van der Waals surface area contributed by atoms with E-state index in [-0.39, 0.29) is 26.9 Å². The van der Waals surface area contributed by atoms with E-state index in [0.717, 1.165) is 0 Å². The Hall–Kier alpha value is -4.09. The Kier molecular flexibility index (Phi) is 8.36. The topological polar surface area (TPSA) is 121 Å². The summed E-state index contributed by atoms with van der Waals surface area (Å²) in [5.41, 5.74) is 1.47. The van der Waals surface area contributed by atoms with E-state index in [2.05, 4.69) is 31.5 Å². The Bertz CT molecular complexity index is 1670. The number of aromatic nitrogens is 1. The second-order valence-electron chi connectivity index (χ2n) is 9.77. The zero-order chi connectivity index (χ0) is 29.1. The van der Waals surface area contributed by atoms with Crippen LogP contribution in [-0.4, -0.2) is 26.8 Å². The van der Waals surface area contributed by atoms with E-state index in [1.807, 2.05) is 0 Å². The van der Waals surface area contributed by atoms with Gasteiger partial charge >= 0.3 is 6.09 Å². The molecule has 0 saturated carbocycles. The van der Waals surface area contributed by atoms with Crippen LogP contribution >= 0.6 is 15.9 Å². The number of nitrogens with one attached hydrogen (secondary N) is 3. The van der Waals surface area contributed by atoms with Crippen LogP contribution in [-0.2, 0) is 14.5 Å². The van der Waals surface area contributed by atoms with E-state index in [1.54, 1.807) is 57.2 Å². The Labute approximate surface area is 240 Å². The van der Waals surface area contributed by atoms with Crippen molar-refractivity contribution in [3.63, 3.8) is 0 Å². The minimum atomic E-state index is -3.35. The average Bonchev–Trinajstić information content (AvgIpc) is 2.89. The van der Waals surface area contributed by atoms with E-state index >= 15 is 0 Å². The SMILES string of the molecule is CC(C)(C)OC(=O)Nc1ccc(-c2ccc(F)cc2)cc1NC(=O)c1ccc(S(=N)(=O)c2cncc(Br)c2)cc1. The maximum Gasteiger partial charge on any atom is 0.412 e. The van der Waals surface area contributed by atoms with Crippen LogP contribution in [0.4, 0.5) is 20.6 Å². The molecule has 0 aliphatic rings. The van der Waals surface area contributed by atoms with Crippen LogP contribution in [0.5, 0.6) is 0 Å². The second kappa shape index (κ2) is 11.6. The number of nitrogens with zero attached hydrogens (tertiary/aromatic N) is 1. The predicted molar refractivity (Wildman–Crippen MR) is 155 cm³/mol. The number of anilines is 2. The Balaban J connectivity index is 1.62. The molecule has 3 N–H and O–H groups in total. The summed E-state index contributed by atoms with van der Waals surface area (Å²) in [6.45, 7) is 5.20. The van der Waals surface area contributed by atoms with Gasteiger partial charge < -0.3 is 10.1 Å². The van der Waals surface area contributed by atoms with E-state index in [9.17, 15) is 18.2 Å². The van der Waals surface area contributed by atoms with Crippen molar-refractivity contribution in [2.24, 2.45) is 0 Å². The first-order valence-electron chi connectivity index (χ1n) is 12.0. The number of benzene rings is 3. The molecule has 0 aliphatic heterocycles. The van der Waals surface area contributed by atoms with Crippen LogP contribution in [0.1, 0.15) is 31.1 Å². The molecular formula is C29H26BrFN4O4S. The molecular weight excluding hydrogens is 599 g/mol. The van der Waals surface area contributed by atoms with Crippen LogP contribution in [0.3, 0.4) is 0 Å². The molecule has 0 radical (unpaired) electrons. The standard InChI is InChI=1S/C29H26BrFN4O4S/c1-29(2,3)39-28(37)35-25-13-8-20(18-4-9-22(31)10-5-18)14-26(25)34-27(36)19-6-11-23(12-7-19)40(32,38)24-15-21(30)16-33-17-24/h4-17,32H,1-3H3,(H,34,36)(H,35,37). The van der Waals surface area contributed by atoms with Crippen LogP contribution in [0.2, 0.25) is 0 Å². The number of halogens is 2. The van der Waals surface area contributed by atoms with Crippen LogP contribution < -0.4 is 10.6 Å². The molecule has 40 heavy (non-hydrogen) atoms. The minimum Gasteiger partial charge on any atom is -0.444 e. The molecule has 1 unspecified atom stereocenters. The van der Waals surface area contributed by atoms with E-state index in [1.165, 1.54) is 48.8 Å². The molecule has 0 fully saturated rings. The molecule has 1 atom stereocenters. The lowest BCUT2D eigenvalue weighted by molar-refractivity contribution is 0.0635. The van der Waals surface area contributed by atoms with Gasteiger partial charge in [0.1, 0.15) is 21.1 Å². The largest absolute Gasteiger partial charge is 0.444 e. The van der Waals surface area contributed by atoms with Crippen molar-refractivity contribution in [2.75, 3.05) is 10.6 Å². The minimum absolute atomic E-state index is 0.217. The predicted octanol–water partition coefficient (Wildman–Crippen LogP) is 7.71. The van der Waals surface area contributed by atoms with E-state index in [4.69, 9.17) is 9.52 Å². The average molecular weight is 626 g/mol. The fourth-order valence-corrected chi connectivity index (χ4v) is 5.48. The first-order chi connectivity index (χ1) is 18.8.